The number of nitrogens with zero attached hydrogens (tertiary/aromatic N) is 2. The Bertz CT molecular complexity index is 2050. The fraction of sp³-hybridized carbons (Fsp3) is 0. The molecule has 0 N–H and O–H groups in total. The number of rotatable bonds is 4. The molecule has 0 saturated carbocycles. The molecule has 0 fully saturated rings. The Kier molecular flexibility index (Phi) is 4.79. The van der Waals surface area contributed by atoms with E-state index >= 15 is 0 Å². The van der Waals surface area contributed by atoms with E-state index < -0.39 is 0 Å². The van der Waals surface area contributed by atoms with Gasteiger partial charge in [-0.05, 0) is 60.0 Å². The average Bonchev–Trinajstić information content (AvgIpc) is 3.60. The highest BCUT2D eigenvalue weighted by molar-refractivity contribution is 6.22. The van der Waals surface area contributed by atoms with Gasteiger partial charge in [0.2, 0.25) is 5.89 Å². The topological polar surface area (TPSA) is 42.4 Å². The molecule has 0 aliphatic rings. The van der Waals surface area contributed by atoms with Crippen molar-refractivity contribution in [1.29, 1.82) is 0 Å². The lowest BCUT2D eigenvalue weighted by molar-refractivity contribution is 0.620. The van der Waals surface area contributed by atoms with E-state index in [1.165, 1.54) is 0 Å². The summed E-state index contributed by atoms with van der Waals surface area (Å²) in [6.45, 7) is 0. The molecule has 184 valence electrons. The zero-order chi connectivity index (χ0) is 25.8. The van der Waals surface area contributed by atoms with Gasteiger partial charge in [-0.15, -0.1) is 0 Å². The molecular weight excluding hydrogens is 480 g/mol. The Morgan fingerprint density at radius 2 is 1.21 bits per heavy atom. The van der Waals surface area contributed by atoms with Crippen molar-refractivity contribution in [3.63, 3.8) is 0 Å². The lowest BCUT2D eigenvalue weighted by atomic mass is 10.00. The monoisotopic (exact) mass is 502 g/mol. The van der Waals surface area contributed by atoms with Crippen LogP contribution in [0.2, 0.25) is 0 Å². The molecule has 0 aliphatic carbocycles. The molecule has 0 amide bonds. The van der Waals surface area contributed by atoms with Crippen LogP contribution in [0.25, 0.3) is 55.3 Å². The normalized spacial score (nSPS) is 11.6. The molecule has 0 saturated heterocycles. The third kappa shape index (κ3) is 3.42. The highest BCUT2D eigenvalue weighted by atomic mass is 16.3. The maximum Gasteiger partial charge on any atom is 0.228 e. The van der Waals surface area contributed by atoms with Crippen LogP contribution in [0.4, 0.5) is 17.1 Å². The zero-order valence-electron chi connectivity index (χ0n) is 20.9. The second kappa shape index (κ2) is 8.61. The Hall–Kier alpha value is -5.35. The second-order valence-corrected chi connectivity index (χ2v) is 9.60. The largest absolute Gasteiger partial charge is 0.454 e. The van der Waals surface area contributed by atoms with Gasteiger partial charge in [0, 0.05) is 33.1 Å². The first-order chi connectivity index (χ1) is 19.3. The number of para-hydroxylation sites is 4. The first kappa shape index (κ1) is 21.7. The van der Waals surface area contributed by atoms with Gasteiger partial charge in [0.1, 0.15) is 11.1 Å². The number of hydrogen-bond acceptors (Lipinski definition) is 4. The van der Waals surface area contributed by atoms with Crippen molar-refractivity contribution < 1.29 is 8.83 Å². The first-order valence-electron chi connectivity index (χ1n) is 13.0. The predicted molar refractivity (Wildman–Crippen MR) is 159 cm³/mol. The molecule has 0 atom stereocenters. The Labute approximate surface area is 224 Å². The summed E-state index contributed by atoms with van der Waals surface area (Å²) in [5.74, 6) is 0.585. The number of benzene rings is 6. The predicted octanol–water partition coefficient (Wildman–Crippen LogP) is 10.0. The van der Waals surface area contributed by atoms with E-state index in [4.69, 9.17) is 13.8 Å². The minimum absolute atomic E-state index is 0.585. The van der Waals surface area contributed by atoms with Crippen LogP contribution in [0.15, 0.2) is 142 Å². The zero-order valence-corrected chi connectivity index (χ0v) is 20.9. The molecule has 0 spiro atoms. The molecule has 39 heavy (non-hydrogen) atoms. The highest BCUT2D eigenvalue weighted by Gasteiger charge is 2.24. The van der Waals surface area contributed by atoms with E-state index in [0.29, 0.717) is 5.89 Å². The molecule has 0 radical (unpaired) electrons. The van der Waals surface area contributed by atoms with Gasteiger partial charge in [-0.25, -0.2) is 4.98 Å². The second-order valence-electron chi connectivity index (χ2n) is 9.60. The van der Waals surface area contributed by atoms with Crippen molar-refractivity contribution in [2.45, 2.75) is 0 Å². The summed E-state index contributed by atoms with van der Waals surface area (Å²) in [7, 11) is 0. The standard InChI is InChI=1S/C35H22N2O2/c1-3-13-24(14-4-1)37(25-15-5-2-6-16-25)33-26-17-8-7-12-23(26)22-28-32-27(18-11-21-31(32)38-34(28)33)35-36-29-19-9-10-20-30(29)39-35/h1-22H. The molecule has 0 aliphatic heterocycles. The molecule has 6 aromatic carbocycles. The molecule has 4 heteroatoms. The Balaban J connectivity index is 1.50. The van der Waals surface area contributed by atoms with Crippen LogP contribution in [-0.2, 0) is 0 Å². The summed E-state index contributed by atoms with van der Waals surface area (Å²) in [5, 5.41) is 4.26. The van der Waals surface area contributed by atoms with Crippen LogP contribution in [0, 0.1) is 0 Å². The van der Waals surface area contributed by atoms with Crippen LogP contribution < -0.4 is 4.90 Å². The number of hydrogen-bond donors (Lipinski definition) is 0. The van der Waals surface area contributed by atoms with Crippen molar-refractivity contribution in [2.24, 2.45) is 0 Å². The van der Waals surface area contributed by atoms with Crippen LogP contribution in [-0.4, -0.2) is 4.98 Å². The van der Waals surface area contributed by atoms with E-state index in [2.05, 4.69) is 89.8 Å². The van der Waals surface area contributed by atoms with Gasteiger partial charge in [0.05, 0.1) is 5.69 Å². The number of aromatic nitrogens is 1. The third-order valence-electron chi connectivity index (χ3n) is 7.26. The van der Waals surface area contributed by atoms with E-state index in [0.717, 1.165) is 66.4 Å². The van der Waals surface area contributed by atoms with Crippen LogP contribution in [0.5, 0.6) is 0 Å². The number of furan rings is 1. The van der Waals surface area contributed by atoms with E-state index in [1.807, 2.05) is 48.5 Å². The molecule has 4 nitrogen and oxygen atoms in total. The smallest absolute Gasteiger partial charge is 0.228 e. The average molecular weight is 503 g/mol. The fourth-order valence-electron chi connectivity index (χ4n) is 5.55. The molecule has 8 aromatic rings. The van der Waals surface area contributed by atoms with Crippen molar-refractivity contribution in [3.8, 4) is 11.5 Å². The Morgan fingerprint density at radius 3 is 1.97 bits per heavy atom. The lowest BCUT2D eigenvalue weighted by Gasteiger charge is -2.26. The SMILES string of the molecule is c1ccc(N(c2ccccc2)c2c3ccccc3cc3c2oc2cccc(-c4nc5ccccc5o4)c23)cc1. The van der Waals surface area contributed by atoms with Crippen LogP contribution >= 0.6 is 0 Å². The van der Waals surface area contributed by atoms with Crippen molar-refractivity contribution in [1.82, 2.24) is 4.98 Å². The van der Waals surface area contributed by atoms with Crippen molar-refractivity contribution in [2.75, 3.05) is 4.90 Å². The van der Waals surface area contributed by atoms with Gasteiger partial charge in [0.15, 0.2) is 11.2 Å². The van der Waals surface area contributed by atoms with Gasteiger partial charge in [-0.3, -0.25) is 0 Å². The minimum Gasteiger partial charge on any atom is -0.454 e. The molecule has 0 bridgehead atoms. The quantitative estimate of drug-likeness (QED) is 0.240. The fourth-order valence-corrected chi connectivity index (χ4v) is 5.55. The maximum absolute atomic E-state index is 6.74. The summed E-state index contributed by atoms with van der Waals surface area (Å²) < 4.78 is 13.0. The number of anilines is 3. The van der Waals surface area contributed by atoms with Gasteiger partial charge < -0.3 is 13.7 Å². The summed E-state index contributed by atoms with van der Waals surface area (Å²) in [6.07, 6.45) is 0. The third-order valence-corrected chi connectivity index (χ3v) is 7.26. The molecule has 2 aromatic heterocycles. The minimum atomic E-state index is 0.585. The van der Waals surface area contributed by atoms with Crippen LogP contribution in [0.3, 0.4) is 0 Å². The number of oxazole rings is 1. The Morgan fingerprint density at radius 1 is 0.538 bits per heavy atom. The van der Waals surface area contributed by atoms with E-state index in [9.17, 15) is 0 Å². The number of fused-ring (bicyclic) bond motifs is 5. The summed E-state index contributed by atoms with van der Waals surface area (Å²) >= 11 is 0. The summed E-state index contributed by atoms with van der Waals surface area (Å²) in [5.41, 5.74) is 7.24. The van der Waals surface area contributed by atoms with Gasteiger partial charge in [-0.2, -0.15) is 0 Å². The molecule has 0 unspecified atom stereocenters. The lowest BCUT2D eigenvalue weighted by Crippen LogP contribution is -2.10. The molecule has 2 heterocycles. The van der Waals surface area contributed by atoms with E-state index in [-0.39, 0.29) is 0 Å². The molecular formula is C35H22N2O2. The van der Waals surface area contributed by atoms with Gasteiger partial charge in [0.25, 0.3) is 0 Å². The highest BCUT2D eigenvalue weighted by Crippen LogP contribution is 2.47. The van der Waals surface area contributed by atoms with E-state index in [1.54, 1.807) is 0 Å². The molecule has 8 rings (SSSR count). The summed E-state index contributed by atoms with van der Waals surface area (Å²) in [4.78, 5) is 7.10. The summed E-state index contributed by atoms with van der Waals surface area (Å²) in [6, 6.07) is 45.5. The van der Waals surface area contributed by atoms with Crippen molar-refractivity contribution in [3.05, 3.63) is 133 Å². The van der Waals surface area contributed by atoms with Gasteiger partial charge in [-0.1, -0.05) is 78.9 Å². The van der Waals surface area contributed by atoms with Crippen molar-refractivity contribution >= 4 is 60.9 Å². The first-order valence-corrected chi connectivity index (χ1v) is 13.0. The van der Waals surface area contributed by atoms with Gasteiger partial charge >= 0.3 is 0 Å². The van der Waals surface area contributed by atoms with Crippen LogP contribution in [0.1, 0.15) is 0 Å². The maximum atomic E-state index is 6.74.